The van der Waals surface area contributed by atoms with E-state index in [9.17, 15) is 4.39 Å². The van der Waals surface area contributed by atoms with E-state index in [0.29, 0.717) is 19.3 Å². The minimum atomic E-state index is -1.05. The largest absolute Gasteiger partial charge is 0.317 e. The molecule has 1 atom stereocenters. The van der Waals surface area contributed by atoms with Gasteiger partial charge in [-0.1, -0.05) is 6.92 Å². The maximum atomic E-state index is 14.7. The zero-order chi connectivity index (χ0) is 12.3. The van der Waals surface area contributed by atoms with Crippen LogP contribution in [0.2, 0.25) is 0 Å². The van der Waals surface area contributed by atoms with Crippen LogP contribution in [0.15, 0.2) is 6.07 Å². The van der Waals surface area contributed by atoms with Crippen molar-refractivity contribution in [3.05, 3.63) is 17.5 Å². The lowest BCUT2D eigenvalue weighted by Crippen LogP contribution is -2.28. The first-order valence-electron chi connectivity index (χ1n) is 6.54. The van der Waals surface area contributed by atoms with Gasteiger partial charge in [0.15, 0.2) is 0 Å². The van der Waals surface area contributed by atoms with E-state index in [4.69, 9.17) is 0 Å². The van der Waals surface area contributed by atoms with Crippen molar-refractivity contribution in [3.8, 4) is 0 Å². The molecule has 0 radical (unpaired) electrons. The second-order valence-electron chi connectivity index (χ2n) is 5.04. The molecule has 1 aliphatic rings. The number of aryl methyl sites for hydroxylation is 2. The zero-order valence-electron chi connectivity index (χ0n) is 10.8. The monoisotopic (exact) mass is 239 g/mol. The van der Waals surface area contributed by atoms with E-state index in [2.05, 4.69) is 17.3 Å². The van der Waals surface area contributed by atoms with Gasteiger partial charge in [0.05, 0.1) is 5.69 Å². The van der Waals surface area contributed by atoms with Gasteiger partial charge in [0.25, 0.3) is 0 Å². The standard InChI is InChI=1S/C13H22FN3/c1-3-11-9-12(17(2)16-11)10-13(14)5-4-7-15-8-6-13/h9,15H,3-8,10H2,1-2H3. The number of hydrogen-bond acceptors (Lipinski definition) is 2. The summed E-state index contributed by atoms with van der Waals surface area (Å²) >= 11 is 0. The zero-order valence-corrected chi connectivity index (χ0v) is 10.8. The van der Waals surface area contributed by atoms with Crippen molar-refractivity contribution in [1.82, 2.24) is 15.1 Å². The molecule has 96 valence electrons. The molecule has 2 rings (SSSR count). The van der Waals surface area contributed by atoms with Crippen LogP contribution >= 0.6 is 0 Å². The highest BCUT2D eigenvalue weighted by atomic mass is 19.1. The van der Waals surface area contributed by atoms with Crippen molar-refractivity contribution in [2.24, 2.45) is 7.05 Å². The van der Waals surface area contributed by atoms with Crippen LogP contribution < -0.4 is 5.32 Å². The topological polar surface area (TPSA) is 29.9 Å². The third-order valence-electron chi connectivity index (χ3n) is 3.62. The van der Waals surface area contributed by atoms with Gasteiger partial charge in [0.1, 0.15) is 5.67 Å². The third kappa shape index (κ3) is 3.06. The lowest BCUT2D eigenvalue weighted by atomic mass is 9.91. The molecule has 0 bridgehead atoms. The van der Waals surface area contributed by atoms with Crippen molar-refractivity contribution in [3.63, 3.8) is 0 Å². The predicted molar refractivity (Wildman–Crippen MR) is 66.8 cm³/mol. The Kier molecular flexibility index (Phi) is 3.82. The van der Waals surface area contributed by atoms with E-state index >= 15 is 0 Å². The minimum Gasteiger partial charge on any atom is -0.317 e. The first-order valence-corrected chi connectivity index (χ1v) is 6.54. The summed E-state index contributed by atoms with van der Waals surface area (Å²) in [6.07, 6.45) is 3.61. The summed E-state index contributed by atoms with van der Waals surface area (Å²) in [5.41, 5.74) is 1.02. The molecule has 17 heavy (non-hydrogen) atoms. The number of nitrogens with zero attached hydrogens (tertiary/aromatic N) is 2. The summed E-state index contributed by atoms with van der Waals surface area (Å²) < 4.78 is 16.6. The van der Waals surface area contributed by atoms with Crippen LogP contribution in [0.3, 0.4) is 0 Å². The number of hydrogen-bond donors (Lipinski definition) is 1. The van der Waals surface area contributed by atoms with E-state index in [1.54, 1.807) is 0 Å². The van der Waals surface area contributed by atoms with Gasteiger partial charge in [0, 0.05) is 19.2 Å². The van der Waals surface area contributed by atoms with E-state index < -0.39 is 5.67 Å². The number of nitrogens with one attached hydrogen (secondary N) is 1. The highest BCUT2D eigenvalue weighted by molar-refractivity contribution is 5.13. The molecule has 2 heterocycles. The Morgan fingerprint density at radius 3 is 3.00 bits per heavy atom. The lowest BCUT2D eigenvalue weighted by Gasteiger charge is -2.23. The van der Waals surface area contributed by atoms with Gasteiger partial charge in [-0.15, -0.1) is 0 Å². The molecule has 0 aromatic carbocycles. The second-order valence-corrected chi connectivity index (χ2v) is 5.04. The lowest BCUT2D eigenvalue weighted by molar-refractivity contribution is 0.141. The molecule has 0 spiro atoms. The van der Waals surface area contributed by atoms with Gasteiger partial charge in [0.2, 0.25) is 0 Å². The summed E-state index contributed by atoms with van der Waals surface area (Å²) in [7, 11) is 1.91. The summed E-state index contributed by atoms with van der Waals surface area (Å²) in [4.78, 5) is 0. The van der Waals surface area contributed by atoms with E-state index in [0.717, 1.165) is 37.3 Å². The van der Waals surface area contributed by atoms with Crippen LogP contribution in [0, 0.1) is 0 Å². The molecule has 0 saturated carbocycles. The van der Waals surface area contributed by atoms with E-state index in [1.165, 1.54) is 0 Å². The predicted octanol–water partition coefficient (Wildman–Crippen LogP) is 2.01. The Morgan fingerprint density at radius 1 is 1.47 bits per heavy atom. The fraction of sp³-hybridized carbons (Fsp3) is 0.769. The number of alkyl halides is 1. The van der Waals surface area contributed by atoms with Gasteiger partial charge < -0.3 is 5.32 Å². The highest BCUT2D eigenvalue weighted by Gasteiger charge is 2.31. The van der Waals surface area contributed by atoms with Crippen LogP contribution in [0.1, 0.15) is 37.6 Å². The van der Waals surface area contributed by atoms with Crippen molar-refractivity contribution >= 4 is 0 Å². The quantitative estimate of drug-likeness (QED) is 0.874. The Labute approximate surface area is 102 Å². The summed E-state index contributed by atoms with van der Waals surface area (Å²) in [5.74, 6) is 0. The summed E-state index contributed by atoms with van der Waals surface area (Å²) in [6.45, 7) is 3.80. The van der Waals surface area contributed by atoms with E-state index in [-0.39, 0.29) is 0 Å². The Bertz CT molecular complexity index is 365. The maximum absolute atomic E-state index is 14.7. The van der Waals surface area contributed by atoms with Crippen molar-refractivity contribution in [2.45, 2.75) is 44.7 Å². The molecule has 3 nitrogen and oxygen atoms in total. The molecule has 1 N–H and O–H groups in total. The van der Waals surface area contributed by atoms with Gasteiger partial charge in [-0.05, 0) is 44.8 Å². The highest BCUT2D eigenvalue weighted by Crippen LogP contribution is 2.28. The normalized spacial score (nSPS) is 25.8. The fourth-order valence-corrected chi connectivity index (χ4v) is 2.50. The van der Waals surface area contributed by atoms with Crippen LogP contribution in [-0.4, -0.2) is 28.5 Å². The molecular weight excluding hydrogens is 217 g/mol. The smallest absolute Gasteiger partial charge is 0.117 e. The maximum Gasteiger partial charge on any atom is 0.117 e. The van der Waals surface area contributed by atoms with Gasteiger partial charge in [-0.25, -0.2) is 4.39 Å². The third-order valence-corrected chi connectivity index (χ3v) is 3.62. The molecule has 1 unspecified atom stereocenters. The molecule has 1 aromatic rings. The molecular formula is C13H22FN3. The number of rotatable bonds is 3. The van der Waals surface area contributed by atoms with Crippen molar-refractivity contribution < 1.29 is 4.39 Å². The van der Waals surface area contributed by atoms with Gasteiger partial charge in [-0.2, -0.15) is 5.10 Å². The number of halogens is 1. The van der Waals surface area contributed by atoms with Crippen LogP contribution in [-0.2, 0) is 19.9 Å². The van der Waals surface area contributed by atoms with Crippen LogP contribution in [0.25, 0.3) is 0 Å². The molecule has 1 fully saturated rings. The molecule has 1 aromatic heterocycles. The first-order chi connectivity index (χ1) is 8.13. The Balaban J connectivity index is 2.09. The summed E-state index contributed by atoms with van der Waals surface area (Å²) in [5, 5.41) is 7.64. The SMILES string of the molecule is CCc1cc(CC2(F)CCCNCC2)n(C)n1. The van der Waals surface area contributed by atoms with Gasteiger partial charge in [-0.3, -0.25) is 4.68 Å². The Morgan fingerprint density at radius 2 is 2.29 bits per heavy atom. The van der Waals surface area contributed by atoms with Crippen LogP contribution in [0.5, 0.6) is 0 Å². The van der Waals surface area contributed by atoms with E-state index in [1.807, 2.05) is 17.8 Å². The molecule has 1 saturated heterocycles. The summed E-state index contributed by atoms with van der Waals surface area (Å²) in [6, 6.07) is 2.04. The first kappa shape index (κ1) is 12.6. The molecule has 4 heteroatoms. The molecule has 0 aliphatic carbocycles. The number of aromatic nitrogens is 2. The average Bonchev–Trinajstić information content (AvgIpc) is 2.51. The minimum absolute atomic E-state index is 0.498. The average molecular weight is 239 g/mol. The van der Waals surface area contributed by atoms with Crippen LogP contribution in [0.4, 0.5) is 4.39 Å². The second kappa shape index (κ2) is 5.17. The van der Waals surface area contributed by atoms with Crippen molar-refractivity contribution in [1.29, 1.82) is 0 Å². The fourth-order valence-electron chi connectivity index (χ4n) is 2.50. The van der Waals surface area contributed by atoms with Gasteiger partial charge >= 0.3 is 0 Å². The molecule has 0 amide bonds. The molecule has 1 aliphatic heterocycles. The Hall–Kier alpha value is -0.900. The van der Waals surface area contributed by atoms with Crippen molar-refractivity contribution in [2.75, 3.05) is 13.1 Å².